The van der Waals surface area contributed by atoms with Crippen molar-refractivity contribution in [1.29, 1.82) is 0 Å². The smallest absolute Gasteiger partial charge is 0.325 e. The van der Waals surface area contributed by atoms with Gasteiger partial charge in [0.25, 0.3) is 0 Å². The van der Waals surface area contributed by atoms with Crippen molar-refractivity contribution >= 4 is 17.8 Å². The molecule has 3 aliphatic rings. The van der Waals surface area contributed by atoms with Crippen LogP contribution in [0.5, 0.6) is 0 Å². The lowest BCUT2D eigenvalue weighted by Crippen LogP contribution is -2.63. The number of carbonyl (C=O) groups is 3. The summed E-state index contributed by atoms with van der Waals surface area (Å²) < 4.78 is 4.99. The predicted molar refractivity (Wildman–Crippen MR) is 96.3 cm³/mol. The second-order valence-electron chi connectivity index (χ2n) is 7.90. The number of carbonyl (C=O) groups excluding carboxylic acids is 3. The number of piperazine rings is 1. The van der Waals surface area contributed by atoms with Crippen LogP contribution in [0.15, 0.2) is 0 Å². The molecule has 0 radical (unpaired) electrons. The topological polar surface area (TPSA) is 70.2 Å². The first-order chi connectivity index (χ1) is 12.4. The Hall–Kier alpha value is -1.63. The van der Waals surface area contributed by atoms with Crippen LogP contribution in [0.1, 0.15) is 45.4 Å². The Bertz CT molecular complexity index is 563. The number of amides is 2. The SMILES string of the molecule is CCOC(=O)CN1CCC2(CCC1=O)CN(C(=O)C1CCC1)CCN2C. The summed E-state index contributed by atoms with van der Waals surface area (Å²) in [6, 6.07) is 0. The molecule has 2 heterocycles. The molecular weight excluding hydrogens is 334 g/mol. The fourth-order valence-corrected chi connectivity index (χ4v) is 4.32. The molecule has 1 atom stereocenters. The predicted octanol–water partition coefficient (Wildman–Crippen LogP) is 0.875. The Morgan fingerprint density at radius 3 is 2.62 bits per heavy atom. The Morgan fingerprint density at radius 1 is 1.19 bits per heavy atom. The van der Waals surface area contributed by atoms with Crippen LogP contribution >= 0.6 is 0 Å². The molecule has 1 aliphatic carbocycles. The van der Waals surface area contributed by atoms with Gasteiger partial charge in [0.05, 0.1) is 6.61 Å². The molecule has 26 heavy (non-hydrogen) atoms. The lowest BCUT2D eigenvalue weighted by molar-refractivity contribution is -0.148. The van der Waals surface area contributed by atoms with Crippen molar-refractivity contribution in [3.63, 3.8) is 0 Å². The largest absolute Gasteiger partial charge is 0.465 e. The zero-order chi connectivity index (χ0) is 18.7. The number of likely N-dealkylation sites (N-methyl/N-ethyl adjacent to an activating group) is 1. The first kappa shape index (κ1) is 19.1. The van der Waals surface area contributed by atoms with Crippen molar-refractivity contribution in [2.75, 3.05) is 46.4 Å². The van der Waals surface area contributed by atoms with E-state index >= 15 is 0 Å². The zero-order valence-electron chi connectivity index (χ0n) is 16.0. The van der Waals surface area contributed by atoms with E-state index in [1.165, 1.54) is 0 Å². The van der Waals surface area contributed by atoms with E-state index in [1.807, 2.05) is 4.90 Å². The molecule has 1 spiro atoms. The van der Waals surface area contributed by atoms with E-state index in [0.29, 0.717) is 32.0 Å². The molecule has 2 amide bonds. The minimum Gasteiger partial charge on any atom is -0.465 e. The summed E-state index contributed by atoms with van der Waals surface area (Å²) in [6.07, 6.45) is 5.12. The third kappa shape index (κ3) is 3.87. The van der Waals surface area contributed by atoms with E-state index in [2.05, 4.69) is 11.9 Å². The number of hydrogen-bond donors (Lipinski definition) is 0. The number of esters is 1. The highest BCUT2D eigenvalue weighted by Crippen LogP contribution is 2.35. The van der Waals surface area contributed by atoms with Crippen LogP contribution < -0.4 is 0 Å². The van der Waals surface area contributed by atoms with Crippen LogP contribution in [0.3, 0.4) is 0 Å². The van der Waals surface area contributed by atoms with Crippen LogP contribution in [0.4, 0.5) is 0 Å². The molecule has 1 unspecified atom stereocenters. The lowest BCUT2D eigenvalue weighted by Gasteiger charge is -2.50. The molecule has 7 heteroatoms. The molecule has 0 bridgehead atoms. The number of nitrogens with zero attached hydrogens (tertiary/aromatic N) is 3. The van der Waals surface area contributed by atoms with Crippen LogP contribution in [-0.4, -0.2) is 84.4 Å². The van der Waals surface area contributed by atoms with E-state index in [0.717, 1.165) is 45.2 Å². The van der Waals surface area contributed by atoms with Gasteiger partial charge in [-0.1, -0.05) is 6.42 Å². The molecular formula is C19H31N3O4. The fraction of sp³-hybridized carbons (Fsp3) is 0.842. The lowest BCUT2D eigenvalue weighted by atomic mass is 9.82. The normalized spacial score (nSPS) is 28.0. The Morgan fingerprint density at radius 2 is 1.96 bits per heavy atom. The van der Waals surface area contributed by atoms with Crippen LogP contribution in [0, 0.1) is 5.92 Å². The van der Waals surface area contributed by atoms with E-state index in [9.17, 15) is 14.4 Å². The van der Waals surface area contributed by atoms with Gasteiger partial charge in [-0.15, -0.1) is 0 Å². The monoisotopic (exact) mass is 365 g/mol. The van der Waals surface area contributed by atoms with Crippen molar-refractivity contribution in [3.8, 4) is 0 Å². The Labute approximate surface area is 155 Å². The van der Waals surface area contributed by atoms with E-state index in [1.54, 1.807) is 11.8 Å². The van der Waals surface area contributed by atoms with Gasteiger partial charge in [0, 0.05) is 44.1 Å². The molecule has 0 aromatic rings. The van der Waals surface area contributed by atoms with Gasteiger partial charge in [0.2, 0.25) is 11.8 Å². The summed E-state index contributed by atoms with van der Waals surface area (Å²) >= 11 is 0. The summed E-state index contributed by atoms with van der Waals surface area (Å²) in [7, 11) is 2.09. The van der Waals surface area contributed by atoms with Gasteiger partial charge in [-0.05, 0) is 39.7 Å². The molecule has 2 aliphatic heterocycles. The van der Waals surface area contributed by atoms with Crippen molar-refractivity contribution in [2.45, 2.75) is 51.0 Å². The number of ether oxygens (including phenoxy) is 1. The Kier molecular flexibility index (Phi) is 5.85. The highest BCUT2D eigenvalue weighted by atomic mass is 16.5. The third-order valence-corrected chi connectivity index (χ3v) is 6.40. The van der Waals surface area contributed by atoms with E-state index in [-0.39, 0.29) is 29.9 Å². The quantitative estimate of drug-likeness (QED) is 0.692. The maximum absolute atomic E-state index is 12.7. The summed E-state index contributed by atoms with van der Waals surface area (Å²) in [5.41, 5.74) is -0.170. The summed E-state index contributed by atoms with van der Waals surface area (Å²) in [5.74, 6) is 0.159. The standard InChI is InChI=1S/C19H31N3O4/c1-3-26-17(24)13-21-10-9-19(8-7-16(21)23)14-22(12-11-20(19)2)18(25)15-5-4-6-15/h15H,3-14H2,1-2H3. The molecule has 2 saturated heterocycles. The second kappa shape index (κ2) is 7.94. The molecule has 0 aromatic carbocycles. The highest BCUT2D eigenvalue weighted by molar-refractivity contribution is 5.82. The summed E-state index contributed by atoms with van der Waals surface area (Å²) in [6.45, 7) is 4.95. The van der Waals surface area contributed by atoms with Crippen LogP contribution in [-0.2, 0) is 19.1 Å². The number of likely N-dealkylation sites (tertiary alicyclic amines) is 1. The number of hydrogen-bond acceptors (Lipinski definition) is 5. The summed E-state index contributed by atoms with van der Waals surface area (Å²) in [5, 5.41) is 0. The van der Waals surface area contributed by atoms with E-state index in [4.69, 9.17) is 4.74 Å². The molecule has 7 nitrogen and oxygen atoms in total. The van der Waals surface area contributed by atoms with Gasteiger partial charge < -0.3 is 14.5 Å². The third-order valence-electron chi connectivity index (χ3n) is 6.40. The van der Waals surface area contributed by atoms with Gasteiger partial charge in [0.15, 0.2) is 0 Å². The van der Waals surface area contributed by atoms with Gasteiger partial charge in [-0.2, -0.15) is 0 Å². The average molecular weight is 365 g/mol. The maximum atomic E-state index is 12.7. The number of rotatable bonds is 4. The maximum Gasteiger partial charge on any atom is 0.325 e. The van der Waals surface area contributed by atoms with Crippen molar-refractivity contribution in [1.82, 2.24) is 14.7 Å². The molecule has 0 aromatic heterocycles. The summed E-state index contributed by atoms with van der Waals surface area (Å²) in [4.78, 5) is 42.9. The average Bonchev–Trinajstić information content (AvgIpc) is 2.71. The minimum atomic E-state index is -0.351. The fourth-order valence-electron chi connectivity index (χ4n) is 4.32. The Balaban J connectivity index is 1.66. The molecule has 0 N–H and O–H groups in total. The van der Waals surface area contributed by atoms with Crippen molar-refractivity contribution in [2.24, 2.45) is 5.92 Å². The molecule has 146 valence electrons. The van der Waals surface area contributed by atoms with Crippen molar-refractivity contribution in [3.05, 3.63) is 0 Å². The molecule has 3 rings (SSSR count). The van der Waals surface area contributed by atoms with Crippen LogP contribution in [0.2, 0.25) is 0 Å². The van der Waals surface area contributed by atoms with Gasteiger partial charge >= 0.3 is 5.97 Å². The van der Waals surface area contributed by atoms with Crippen molar-refractivity contribution < 1.29 is 19.1 Å². The minimum absolute atomic E-state index is 0.00534. The van der Waals surface area contributed by atoms with Crippen LogP contribution in [0.25, 0.3) is 0 Å². The second-order valence-corrected chi connectivity index (χ2v) is 7.90. The van der Waals surface area contributed by atoms with E-state index < -0.39 is 0 Å². The first-order valence-corrected chi connectivity index (χ1v) is 9.88. The van der Waals surface area contributed by atoms with Gasteiger partial charge in [-0.25, -0.2) is 0 Å². The van der Waals surface area contributed by atoms with Gasteiger partial charge in [-0.3, -0.25) is 19.3 Å². The molecule has 3 fully saturated rings. The molecule has 1 saturated carbocycles. The highest BCUT2D eigenvalue weighted by Gasteiger charge is 2.44. The zero-order valence-corrected chi connectivity index (χ0v) is 16.0. The first-order valence-electron chi connectivity index (χ1n) is 9.88. The van der Waals surface area contributed by atoms with Gasteiger partial charge in [0.1, 0.15) is 6.54 Å².